The molecule has 0 amide bonds. The first-order valence-corrected chi connectivity index (χ1v) is 8.40. The van der Waals surface area contributed by atoms with Crippen molar-refractivity contribution in [2.75, 3.05) is 0 Å². The first-order chi connectivity index (χ1) is 11.4. The number of aromatic nitrogens is 1. The van der Waals surface area contributed by atoms with Crippen molar-refractivity contribution < 1.29 is 14.8 Å². The van der Waals surface area contributed by atoms with Crippen molar-refractivity contribution in [2.45, 2.75) is 32.9 Å². The van der Waals surface area contributed by atoms with E-state index in [1.54, 1.807) is 12.1 Å². The molecule has 128 valence electrons. The predicted molar refractivity (Wildman–Crippen MR) is 91.9 cm³/mol. The third-order valence-electron chi connectivity index (χ3n) is 3.39. The van der Waals surface area contributed by atoms with E-state index in [1.165, 1.54) is 23.5 Å². The lowest BCUT2D eigenvalue weighted by Gasteiger charge is -2.15. The number of nitro benzene ring substituents is 1. The summed E-state index contributed by atoms with van der Waals surface area (Å²) in [4.78, 5) is 26.1. The molecule has 1 unspecified atom stereocenters. The second-order valence-corrected chi connectivity index (χ2v) is 6.71. The molecule has 0 saturated heterocycles. The van der Waals surface area contributed by atoms with Crippen LogP contribution >= 0.6 is 11.3 Å². The van der Waals surface area contributed by atoms with Crippen LogP contribution in [-0.2, 0) is 11.3 Å². The summed E-state index contributed by atoms with van der Waals surface area (Å²) in [5, 5.41) is 25.6. The van der Waals surface area contributed by atoms with E-state index in [4.69, 9.17) is 0 Å². The Kier molecular flexibility index (Phi) is 5.99. The zero-order valence-electron chi connectivity index (χ0n) is 13.4. The summed E-state index contributed by atoms with van der Waals surface area (Å²) in [6.45, 7) is 4.29. The topological polar surface area (TPSA) is 105 Å². The molecule has 24 heavy (non-hydrogen) atoms. The van der Waals surface area contributed by atoms with Crippen molar-refractivity contribution in [1.82, 2.24) is 10.3 Å². The summed E-state index contributed by atoms with van der Waals surface area (Å²) in [5.41, 5.74) is 1.42. The Balaban J connectivity index is 2.06. The lowest BCUT2D eigenvalue weighted by Crippen LogP contribution is -2.37. The summed E-state index contributed by atoms with van der Waals surface area (Å²) in [6.07, 6.45) is 0.539. The van der Waals surface area contributed by atoms with Gasteiger partial charge in [-0.25, -0.2) is 4.98 Å². The monoisotopic (exact) mass is 349 g/mol. The number of nitrogens with zero attached hydrogens (tertiary/aromatic N) is 2. The number of carbonyl (C=O) groups is 1. The second kappa shape index (κ2) is 7.98. The number of thiazole rings is 1. The Morgan fingerprint density at radius 1 is 1.46 bits per heavy atom. The van der Waals surface area contributed by atoms with Crippen LogP contribution in [0.25, 0.3) is 10.6 Å². The van der Waals surface area contributed by atoms with Gasteiger partial charge in [0, 0.05) is 29.6 Å². The molecule has 2 N–H and O–H groups in total. The largest absolute Gasteiger partial charge is 0.480 e. The predicted octanol–water partition coefficient (Wildman–Crippen LogP) is 3.31. The van der Waals surface area contributed by atoms with Gasteiger partial charge in [-0.1, -0.05) is 26.0 Å². The van der Waals surface area contributed by atoms with Crippen LogP contribution in [0.4, 0.5) is 5.69 Å². The summed E-state index contributed by atoms with van der Waals surface area (Å²) in [7, 11) is 0. The van der Waals surface area contributed by atoms with Crippen LogP contribution in [-0.4, -0.2) is 27.0 Å². The van der Waals surface area contributed by atoms with Gasteiger partial charge >= 0.3 is 5.97 Å². The lowest BCUT2D eigenvalue weighted by atomic mass is 10.0. The highest BCUT2D eigenvalue weighted by molar-refractivity contribution is 7.13. The average Bonchev–Trinajstić information content (AvgIpc) is 3.00. The molecule has 0 aliphatic heterocycles. The van der Waals surface area contributed by atoms with E-state index in [9.17, 15) is 20.0 Å². The van der Waals surface area contributed by atoms with Gasteiger partial charge in [0.2, 0.25) is 0 Å². The number of nitrogens with one attached hydrogen (secondary N) is 1. The lowest BCUT2D eigenvalue weighted by molar-refractivity contribution is -0.384. The highest BCUT2D eigenvalue weighted by atomic mass is 32.1. The standard InChI is InChI=1S/C16H19N3O4S/c1-10(2)6-14(16(20)21)17-8-12-9-24-15(18-12)11-4-3-5-13(7-11)19(22)23/h3-5,7,9-10,14,17H,6,8H2,1-2H3,(H,20,21). The second-order valence-electron chi connectivity index (χ2n) is 5.85. The summed E-state index contributed by atoms with van der Waals surface area (Å²) in [5.74, 6) is -0.604. The molecule has 0 bridgehead atoms. The van der Waals surface area contributed by atoms with Gasteiger partial charge in [0.1, 0.15) is 11.0 Å². The van der Waals surface area contributed by atoms with Crippen molar-refractivity contribution in [2.24, 2.45) is 5.92 Å². The minimum Gasteiger partial charge on any atom is -0.480 e. The maximum Gasteiger partial charge on any atom is 0.320 e. The van der Waals surface area contributed by atoms with Gasteiger partial charge in [0.15, 0.2) is 0 Å². The van der Waals surface area contributed by atoms with Crippen molar-refractivity contribution in [3.05, 3.63) is 45.5 Å². The van der Waals surface area contributed by atoms with Gasteiger partial charge in [-0.3, -0.25) is 20.2 Å². The molecule has 1 aromatic carbocycles. The average molecular weight is 349 g/mol. The number of hydrogen-bond donors (Lipinski definition) is 2. The fourth-order valence-corrected chi connectivity index (χ4v) is 3.06. The third-order valence-corrected chi connectivity index (χ3v) is 4.33. The highest BCUT2D eigenvalue weighted by Gasteiger charge is 2.18. The Morgan fingerprint density at radius 2 is 2.21 bits per heavy atom. The zero-order chi connectivity index (χ0) is 17.7. The Hall–Kier alpha value is -2.32. The van der Waals surface area contributed by atoms with Crippen molar-refractivity contribution in [3.63, 3.8) is 0 Å². The van der Waals surface area contributed by atoms with Gasteiger partial charge in [0.05, 0.1) is 10.6 Å². The normalized spacial score (nSPS) is 12.3. The summed E-state index contributed by atoms with van der Waals surface area (Å²) >= 11 is 1.38. The number of hydrogen-bond acceptors (Lipinski definition) is 6. The Bertz CT molecular complexity index is 730. The van der Waals surface area contributed by atoms with Crippen LogP contribution in [0.2, 0.25) is 0 Å². The SMILES string of the molecule is CC(C)CC(NCc1csc(-c2cccc([N+](=O)[O-])c2)n1)C(=O)O. The molecule has 2 rings (SSSR count). The third kappa shape index (κ3) is 4.84. The number of non-ortho nitro benzene ring substituents is 1. The van der Waals surface area contributed by atoms with E-state index >= 15 is 0 Å². The molecule has 1 heterocycles. The fourth-order valence-electron chi connectivity index (χ4n) is 2.24. The number of rotatable bonds is 8. The first-order valence-electron chi connectivity index (χ1n) is 7.52. The molecular formula is C16H19N3O4S. The molecule has 0 saturated carbocycles. The van der Waals surface area contributed by atoms with Crippen LogP contribution in [0.3, 0.4) is 0 Å². The highest BCUT2D eigenvalue weighted by Crippen LogP contribution is 2.26. The molecule has 0 aliphatic carbocycles. The molecule has 0 spiro atoms. The maximum absolute atomic E-state index is 11.2. The Labute approximate surface area is 143 Å². The molecule has 2 aromatic rings. The van der Waals surface area contributed by atoms with Gasteiger partial charge in [-0.2, -0.15) is 0 Å². The molecule has 0 fully saturated rings. The van der Waals surface area contributed by atoms with Crippen molar-refractivity contribution in [3.8, 4) is 10.6 Å². The van der Waals surface area contributed by atoms with Crippen LogP contribution in [0.1, 0.15) is 26.0 Å². The number of nitro groups is 1. The molecule has 0 radical (unpaired) electrons. The maximum atomic E-state index is 11.2. The smallest absolute Gasteiger partial charge is 0.320 e. The van der Waals surface area contributed by atoms with Gasteiger partial charge < -0.3 is 5.11 Å². The minimum atomic E-state index is -0.877. The van der Waals surface area contributed by atoms with E-state index in [-0.39, 0.29) is 11.6 Å². The van der Waals surface area contributed by atoms with Gasteiger partial charge in [-0.15, -0.1) is 11.3 Å². The van der Waals surface area contributed by atoms with Crippen LogP contribution in [0.5, 0.6) is 0 Å². The van der Waals surface area contributed by atoms with E-state index in [2.05, 4.69) is 10.3 Å². The zero-order valence-corrected chi connectivity index (χ0v) is 14.2. The van der Waals surface area contributed by atoms with E-state index in [1.807, 2.05) is 19.2 Å². The molecule has 1 atom stereocenters. The van der Waals surface area contributed by atoms with Crippen molar-refractivity contribution in [1.29, 1.82) is 0 Å². The summed E-state index contributed by atoms with van der Waals surface area (Å²) < 4.78 is 0. The molecule has 0 aliphatic rings. The molecule has 8 heteroatoms. The summed E-state index contributed by atoms with van der Waals surface area (Å²) in [6, 6.07) is 5.68. The van der Waals surface area contributed by atoms with Crippen molar-refractivity contribution >= 4 is 23.0 Å². The minimum absolute atomic E-state index is 0.0187. The number of aliphatic carboxylic acids is 1. The Morgan fingerprint density at radius 3 is 2.83 bits per heavy atom. The number of benzene rings is 1. The molecular weight excluding hydrogens is 330 g/mol. The van der Waals surface area contributed by atoms with E-state index in [0.717, 1.165) is 5.69 Å². The molecule has 7 nitrogen and oxygen atoms in total. The van der Waals surface area contributed by atoms with E-state index < -0.39 is 16.9 Å². The number of carboxylic acids is 1. The van der Waals surface area contributed by atoms with Crippen LogP contribution in [0, 0.1) is 16.0 Å². The molecule has 1 aromatic heterocycles. The van der Waals surface area contributed by atoms with Gasteiger partial charge in [-0.05, 0) is 12.3 Å². The van der Waals surface area contributed by atoms with Gasteiger partial charge in [0.25, 0.3) is 5.69 Å². The van der Waals surface area contributed by atoms with E-state index in [0.29, 0.717) is 23.5 Å². The quantitative estimate of drug-likeness (QED) is 0.559. The number of carboxylic acid groups (broad SMARTS) is 1. The van der Waals surface area contributed by atoms with Crippen LogP contribution < -0.4 is 5.32 Å². The first kappa shape index (κ1) is 18.0. The van der Waals surface area contributed by atoms with Crippen LogP contribution in [0.15, 0.2) is 29.6 Å². The fraction of sp³-hybridized carbons (Fsp3) is 0.375.